The van der Waals surface area contributed by atoms with Gasteiger partial charge in [-0.3, -0.25) is 4.79 Å². The van der Waals surface area contributed by atoms with Crippen LogP contribution in [0, 0.1) is 0 Å². The lowest BCUT2D eigenvalue weighted by Crippen LogP contribution is -2.31. The number of benzene rings is 1. The SMILES string of the molecule is CC(C)NC(=O)c1cc(S(=O)(=O)Cl)cc2c1OCCO2. The minimum atomic E-state index is -3.96. The van der Waals surface area contributed by atoms with E-state index in [2.05, 4.69) is 5.32 Å². The fourth-order valence-electron chi connectivity index (χ4n) is 1.78. The molecule has 0 saturated carbocycles. The number of amides is 1. The number of rotatable bonds is 3. The van der Waals surface area contributed by atoms with E-state index in [1.165, 1.54) is 12.1 Å². The van der Waals surface area contributed by atoms with E-state index in [-0.39, 0.29) is 34.6 Å². The van der Waals surface area contributed by atoms with Gasteiger partial charge < -0.3 is 14.8 Å². The van der Waals surface area contributed by atoms with Gasteiger partial charge in [0, 0.05) is 22.8 Å². The van der Waals surface area contributed by atoms with Gasteiger partial charge in [-0.2, -0.15) is 0 Å². The van der Waals surface area contributed by atoms with Gasteiger partial charge in [-0.15, -0.1) is 0 Å². The first-order valence-corrected chi connectivity index (χ1v) is 8.29. The number of hydrogen-bond acceptors (Lipinski definition) is 5. The van der Waals surface area contributed by atoms with Crippen molar-refractivity contribution in [1.82, 2.24) is 5.32 Å². The average Bonchev–Trinajstić information content (AvgIpc) is 2.35. The summed E-state index contributed by atoms with van der Waals surface area (Å²) in [6, 6.07) is 2.34. The molecule has 1 aromatic carbocycles. The molecule has 0 spiro atoms. The number of halogens is 1. The van der Waals surface area contributed by atoms with Crippen LogP contribution < -0.4 is 14.8 Å². The zero-order valence-electron chi connectivity index (χ0n) is 11.0. The van der Waals surface area contributed by atoms with Crippen LogP contribution in [0.5, 0.6) is 11.5 Å². The van der Waals surface area contributed by atoms with E-state index in [1.54, 1.807) is 13.8 Å². The Labute approximate surface area is 121 Å². The van der Waals surface area contributed by atoms with Crippen LogP contribution in [0.15, 0.2) is 17.0 Å². The molecule has 0 unspecified atom stereocenters. The van der Waals surface area contributed by atoms with Crippen molar-refractivity contribution >= 4 is 25.6 Å². The standard InChI is InChI=1S/C12H14ClNO5S/c1-7(2)14-12(15)9-5-8(20(13,16)17)6-10-11(9)19-4-3-18-10/h5-7H,3-4H2,1-2H3,(H,14,15). The molecule has 2 rings (SSSR count). The molecule has 110 valence electrons. The molecule has 1 N–H and O–H groups in total. The van der Waals surface area contributed by atoms with Gasteiger partial charge in [-0.05, 0) is 19.9 Å². The van der Waals surface area contributed by atoms with Gasteiger partial charge in [-0.25, -0.2) is 8.42 Å². The maximum atomic E-state index is 12.1. The maximum absolute atomic E-state index is 12.1. The fraction of sp³-hybridized carbons (Fsp3) is 0.417. The topological polar surface area (TPSA) is 81.7 Å². The minimum Gasteiger partial charge on any atom is -0.486 e. The highest BCUT2D eigenvalue weighted by Crippen LogP contribution is 2.37. The van der Waals surface area contributed by atoms with Gasteiger partial charge in [0.05, 0.1) is 10.5 Å². The van der Waals surface area contributed by atoms with Crippen molar-refractivity contribution in [3.8, 4) is 11.5 Å². The fourth-order valence-corrected chi connectivity index (χ4v) is 2.55. The molecule has 6 nitrogen and oxygen atoms in total. The van der Waals surface area contributed by atoms with Gasteiger partial charge in [-0.1, -0.05) is 0 Å². The normalized spacial score (nSPS) is 14.2. The number of ether oxygens (including phenoxy) is 2. The molecule has 0 aliphatic carbocycles. The molecule has 1 heterocycles. The van der Waals surface area contributed by atoms with Crippen LogP contribution in [-0.2, 0) is 9.05 Å². The van der Waals surface area contributed by atoms with Crippen LogP contribution in [0.4, 0.5) is 0 Å². The maximum Gasteiger partial charge on any atom is 0.261 e. The summed E-state index contributed by atoms with van der Waals surface area (Å²) >= 11 is 0. The van der Waals surface area contributed by atoms with Crippen LogP contribution in [0.25, 0.3) is 0 Å². The van der Waals surface area contributed by atoms with Crippen molar-refractivity contribution in [2.45, 2.75) is 24.8 Å². The third kappa shape index (κ3) is 3.16. The summed E-state index contributed by atoms with van der Waals surface area (Å²) in [6.45, 7) is 4.17. The van der Waals surface area contributed by atoms with Crippen molar-refractivity contribution in [3.63, 3.8) is 0 Å². The van der Waals surface area contributed by atoms with Gasteiger partial charge >= 0.3 is 0 Å². The molecule has 0 aromatic heterocycles. The molecule has 1 aliphatic heterocycles. The van der Waals surface area contributed by atoms with E-state index >= 15 is 0 Å². The third-order valence-corrected chi connectivity index (χ3v) is 3.89. The average molecular weight is 320 g/mol. The van der Waals surface area contributed by atoms with Crippen molar-refractivity contribution < 1.29 is 22.7 Å². The van der Waals surface area contributed by atoms with E-state index in [0.717, 1.165) is 0 Å². The molecule has 1 amide bonds. The lowest BCUT2D eigenvalue weighted by atomic mass is 10.1. The molecule has 0 fully saturated rings. The largest absolute Gasteiger partial charge is 0.486 e. The quantitative estimate of drug-likeness (QED) is 0.854. The number of nitrogens with one attached hydrogen (secondary N) is 1. The summed E-state index contributed by atoms with van der Waals surface area (Å²) in [5.74, 6) is -0.00531. The highest BCUT2D eigenvalue weighted by atomic mass is 35.7. The third-order valence-electron chi connectivity index (χ3n) is 2.56. The monoisotopic (exact) mass is 319 g/mol. The Bertz CT molecular complexity index is 641. The van der Waals surface area contributed by atoms with Crippen LogP contribution in [0.3, 0.4) is 0 Å². The first-order valence-electron chi connectivity index (χ1n) is 5.98. The molecule has 0 saturated heterocycles. The zero-order valence-corrected chi connectivity index (χ0v) is 12.5. The van der Waals surface area contributed by atoms with Gasteiger partial charge in [0.1, 0.15) is 13.2 Å². The molecule has 0 atom stereocenters. The molecule has 1 aliphatic rings. The van der Waals surface area contributed by atoms with E-state index in [4.69, 9.17) is 20.2 Å². The van der Waals surface area contributed by atoms with Crippen LogP contribution in [-0.4, -0.2) is 33.6 Å². The van der Waals surface area contributed by atoms with E-state index < -0.39 is 15.0 Å². The molecule has 20 heavy (non-hydrogen) atoms. The Hall–Kier alpha value is -1.47. The zero-order chi connectivity index (χ0) is 14.9. The predicted molar refractivity (Wildman–Crippen MR) is 73.1 cm³/mol. The number of carbonyl (C=O) groups is 1. The summed E-state index contributed by atoms with van der Waals surface area (Å²) in [7, 11) is 1.36. The smallest absolute Gasteiger partial charge is 0.261 e. The minimum absolute atomic E-state index is 0.0927. The Balaban J connectivity index is 2.56. The predicted octanol–water partition coefficient (Wildman–Crippen LogP) is 1.52. The number of hydrogen-bond donors (Lipinski definition) is 1. The van der Waals surface area contributed by atoms with Gasteiger partial charge in [0.25, 0.3) is 15.0 Å². The summed E-state index contributed by atoms with van der Waals surface area (Å²) in [4.78, 5) is 11.9. The van der Waals surface area contributed by atoms with E-state index in [9.17, 15) is 13.2 Å². The van der Waals surface area contributed by atoms with Gasteiger partial charge in [0.15, 0.2) is 11.5 Å². The van der Waals surface area contributed by atoms with Crippen LogP contribution in [0.1, 0.15) is 24.2 Å². The number of fused-ring (bicyclic) bond motifs is 1. The highest BCUT2D eigenvalue weighted by molar-refractivity contribution is 8.13. The van der Waals surface area contributed by atoms with Crippen molar-refractivity contribution in [3.05, 3.63) is 17.7 Å². The second-order valence-electron chi connectivity index (χ2n) is 4.56. The lowest BCUT2D eigenvalue weighted by Gasteiger charge is -2.22. The van der Waals surface area contributed by atoms with Crippen LogP contribution in [0.2, 0.25) is 0 Å². The Kier molecular flexibility index (Phi) is 4.10. The van der Waals surface area contributed by atoms with Gasteiger partial charge in [0.2, 0.25) is 0 Å². The molecule has 0 bridgehead atoms. The summed E-state index contributed by atoms with van der Waals surface area (Å²) in [5.41, 5.74) is 0.0927. The highest BCUT2D eigenvalue weighted by Gasteiger charge is 2.25. The Morgan fingerprint density at radius 3 is 2.55 bits per heavy atom. The first kappa shape index (κ1) is 14.9. The van der Waals surface area contributed by atoms with Crippen molar-refractivity contribution in [2.75, 3.05) is 13.2 Å². The molecule has 0 radical (unpaired) electrons. The number of carbonyl (C=O) groups excluding carboxylic acids is 1. The van der Waals surface area contributed by atoms with E-state index in [1.807, 2.05) is 0 Å². The lowest BCUT2D eigenvalue weighted by molar-refractivity contribution is 0.0931. The Morgan fingerprint density at radius 1 is 1.30 bits per heavy atom. The van der Waals surface area contributed by atoms with Crippen LogP contribution >= 0.6 is 10.7 Å². The summed E-state index contributed by atoms with van der Waals surface area (Å²) in [5, 5.41) is 2.68. The summed E-state index contributed by atoms with van der Waals surface area (Å²) < 4.78 is 33.6. The van der Waals surface area contributed by atoms with Crippen molar-refractivity contribution in [2.24, 2.45) is 0 Å². The molecule has 1 aromatic rings. The molecule has 8 heteroatoms. The molecular weight excluding hydrogens is 306 g/mol. The second kappa shape index (κ2) is 5.49. The van der Waals surface area contributed by atoms with Crippen molar-refractivity contribution in [1.29, 1.82) is 0 Å². The van der Waals surface area contributed by atoms with E-state index in [0.29, 0.717) is 6.61 Å². The summed E-state index contributed by atoms with van der Waals surface area (Å²) in [6.07, 6.45) is 0. The Morgan fingerprint density at radius 2 is 1.95 bits per heavy atom. The second-order valence-corrected chi connectivity index (χ2v) is 7.13. The first-order chi connectivity index (χ1) is 9.29. The molecular formula is C12H14ClNO5S.